The summed E-state index contributed by atoms with van der Waals surface area (Å²) in [5.41, 5.74) is 1.14. The second-order valence-electron chi connectivity index (χ2n) is 3.10. The van der Waals surface area contributed by atoms with Crippen LogP contribution in [0, 0.1) is 0 Å². The average molecular weight is 227 g/mol. The Balaban J connectivity index is 2.67. The van der Waals surface area contributed by atoms with E-state index in [0.717, 1.165) is 12.0 Å². The molecule has 0 N–H and O–H groups in total. The zero-order valence-corrected chi connectivity index (χ0v) is 9.59. The van der Waals surface area contributed by atoms with Crippen LogP contribution in [0.1, 0.15) is 5.56 Å². The lowest BCUT2D eigenvalue weighted by atomic mass is 10.1. The van der Waals surface area contributed by atoms with Crippen LogP contribution in [0.4, 0.5) is 0 Å². The summed E-state index contributed by atoms with van der Waals surface area (Å²) in [4.78, 5) is 0. The molecule has 1 aromatic carbocycles. The van der Waals surface area contributed by atoms with Crippen LogP contribution in [-0.4, -0.2) is 20.3 Å². The summed E-state index contributed by atoms with van der Waals surface area (Å²) in [6.45, 7) is 4.75. The molecule has 0 amide bonds. The zero-order chi connectivity index (χ0) is 11.1. The minimum Gasteiger partial charge on any atom is -0.490 e. The summed E-state index contributed by atoms with van der Waals surface area (Å²) >= 11 is 5.98. The van der Waals surface area contributed by atoms with Gasteiger partial charge in [-0.05, 0) is 24.1 Å². The van der Waals surface area contributed by atoms with Crippen molar-refractivity contribution in [3.8, 4) is 5.75 Å². The largest absolute Gasteiger partial charge is 0.490 e. The van der Waals surface area contributed by atoms with Gasteiger partial charge in [-0.3, -0.25) is 0 Å². The summed E-state index contributed by atoms with van der Waals surface area (Å²) in [7, 11) is 1.64. The Kier molecular flexibility index (Phi) is 5.22. The quantitative estimate of drug-likeness (QED) is 0.548. The van der Waals surface area contributed by atoms with Gasteiger partial charge in [0.05, 0.1) is 11.6 Å². The summed E-state index contributed by atoms with van der Waals surface area (Å²) in [5, 5.41) is 0.624. The van der Waals surface area contributed by atoms with Crippen molar-refractivity contribution >= 4 is 11.6 Å². The predicted octanol–water partition coefficient (Wildman–Crippen LogP) is 3.09. The van der Waals surface area contributed by atoms with E-state index in [1.807, 2.05) is 24.3 Å². The zero-order valence-electron chi connectivity index (χ0n) is 8.83. The molecule has 0 fully saturated rings. The van der Waals surface area contributed by atoms with Crippen LogP contribution in [0.15, 0.2) is 30.9 Å². The Morgan fingerprint density at radius 3 is 2.87 bits per heavy atom. The van der Waals surface area contributed by atoms with Crippen LogP contribution in [0.2, 0.25) is 5.02 Å². The molecule has 82 valence electrons. The van der Waals surface area contributed by atoms with Gasteiger partial charge in [0.15, 0.2) is 0 Å². The minimum atomic E-state index is 0.508. The maximum atomic E-state index is 5.98. The molecular weight excluding hydrogens is 212 g/mol. The van der Waals surface area contributed by atoms with Crippen molar-refractivity contribution in [2.75, 3.05) is 20.3 Å². The molecule has 1 aromatic rings. The first-order valence-electron chi connectivity index (χ1n) is 4.79. The number of hydrogen-bond donors (Lipinski definition) is 0. The Morgan fingerprint density at radius 1 is 1.40 bits per heavy atom. The van der Waals surface area contributed by atoms with Gasteiger partial charge in [0.25, 0.3) is 0 Å². The average Bonchev–Trinajstić information content (AvgIpc) is 2.23. The fourth-order valence-corrected chi connectivity index (χ4v) is 1.36. The second-order valence-corrected chi connectivity index (χ2v) is 3.51. The number of ether oxygens (including phenoxy) is 2. The molecule has 0 radical (unpaired) electrons. The van der Waals surface area contributed by atoms with Crippen LogP contribution in [0.25, 0.3) is 0 Å². The molecule has 0 saturated carbocycles. The van der Waals surface area contributed by atoms with Crippen LogP contribution in [-0.2, 0) is 11.2 Å². The van der Waals surface area contributed by atoms with Crippen LogP contribution in [0.3, 0.4) is 0 Å². The van der Waals surface area contributed by atoms with Gasteiger partial charge in [0, 0.05) is 7.11 Å². The van der Waals surface area contributed by atoms with E-state index in [0.29, 0.717) is 24.0 Å². The molecule has 0 aliphatic carbocycles. The van der Waals surface area contributed by atoms with Gasteiger partial charge < -0.3 is 9.47 Å². The van der Waals surface area contributed by atoms with Crippen molar-refractivity contribution < 1.29 is 9.47 Å². The van der Waals surface area contributed by atoms with E-state index >= 15 is 0 Å². The van der Waals surface area contributed by atoms with Crippen LogP contribution < -0.4 is 4.74 Å². The molecule has 0 bridgehead atoms. The van der Waals surface area contributed by atoms with E-state index in [4.69, 9.17) is 21.1 Å². The highest BCUT2D eigenvalue weighted by molar-refractivity contribution is 6.32. The first-order valence-corrected chi connectivity index (χ1v) is 5.16. The molecule has 15 heavy (non-hydrogen) atoms. The van der Waals surface area contributed by atoms with Gasteiger partial charge >= 0.3 is 0 Å². The monoisotopic (exact) mass is 226 g/mol. The van der Waals surface area contributed by atoms with E-state index in [1.165, 1.54) is 0 Å². The highest BCUT2D eigenvalue weighted by atomic mass is 35.5. The minimum absolute atomic E-state index is 0.508. The van der Waals surface area contributed by atoms with Gasteiger partial charge in [0.1, 0.15) is 12.4 Å². The maximum Gasteiger partial charge on any atom is 0.138 e. The highest BCUT2D eigenvalue weighted by Crippen LogP contribution is 2.25. The molecule has 3 heteroatoms. The molecule has 0 atom stereocenters. The third-order valence-electron chi connectivity index (χ3n) is 1.92. The third-order valence-corrected chi connectivity index (χ3v) is 2.23. The molecule has 1 rings (SSSR count). The summed E-state index contributed by atoms with van der Waals surface area (Å²) < 4.78 is 10.4. The van der Waals surface area contributed by atoms with Gasteiger partial charge in [-0.1, -0.05) is 23.7 Å². The first kappa shape index (κ1) is 12.1. The first-order chi connectivity index (χ1) is 7.27. The van der Waals surface area contributed by atoms with Crippen molar-refractivity contribution in [1.29, 1.82) is 0 Å². The molecule has 0 spiro atoms. The van der Waals surface area contributed by atoms with Crippen LogP contribution >= 0.6 is 11.6 Å². The topological polar surface area (TPSA) is 18.5 Å². The summed E-state index contributed by atoms with van der Waals surface area (Å²) in [6, 6.07) is 5.73. The lowest BCUT2D eigenvalue weighted by Gasteiger charge is -2.08. The smallest absolute Gasteiger partial charge is 0.138 e. The molecule has 0 aliphatic heterocycles. The van der Waals surface area contributed by atoms with Crippen molar-refractivity contribution in [3.05, 3.63) is 41.4 Å². The number of hydrogen-bond acceptors (Lipinski definition) is 2. The molecule has 0 saturated heterocycles. The standard InChI is InChI=1S/C12H15ClO2/c1-3-4-10-5-6-11(13)12(9-10)15-8-7-14-2/h3,5-6,9H,1,4,7-8H2,2H3. The van der Waals surface area contributed by atoms with Gasteiger partial charge in [-0.15, -0.1) is 6.58 Å². The molecule has 0 aliphatic rings. The maximum absolute atomic E-state index is 5.98. The molecule has 0 aromatic heterocycles. The summed E-state index contributed by atoms with van der Waals surface area (Å²) in [5.74, 6) is 0.702. The lowest BCUT2D eigenvalue weighted by Crippen LogP contribution is -2.04. The molecule has 0 heterocycles. The Hall–Kier alpha value is -0.990. The van der Waals surface area contributed by atoms with Crippen LogP contribution in [0.5, 0.6) is 5.75 Å². The number of halogens is 1. The van der Waals surface area contributed by atoms with E-state index < -0.39 is 0 Å². The second kappa shape index (κ2) is 6.49. The third kappa shape index (κ3) is 3.94. The predicted molar refractivity (Wildman–Crippen MR) is 62.7 cm³/mol. The SMILES string of the molecule is C=CCc1ccc(Cl)c(OCCOC)c1. The van der Waals surface area contributed by atoms with E-state index in [9.17, 15) is 0 Å². The van der Waals surface area contributed by atoms with Gasteiger partial charge in [-0.2, -0.15) is 0 Å². The molecule has 2 nitrogen and oxygen atoms in total. The number of methoxy groups -OCH3 is 1. The molecule has 0 unspecified atom stereocenters. The van der Waals surface area contributed by atoms with Crippen molar-refractivity contribution in [3.63, 3.8) is 0 Å². The fraction of sp³-hybridized carbons (Fsp3) is 0.333. The number of benzene rings is 1. The lowest BCUT2D eigenvalue weighted by molar-refractivity contribution is 0.146. The Morgan fingerprint density at radius 2 is 2.20 bits per heavy atom. The Labute approximate surface area is 95.5 Å². The van der Waals surface area contributed by atoms with Crippen molar-refractivity contribution in [2.24, 2.45) is 0 Å². The van der Waals surface area contributed by atoms with Crippen molar-refractivity contribution in [2.45, 2.75) is 6.42 Å². The van der Waals surface area contributed by atoms with Gasteiger partial charge in [0.2, 0.25) is 0 Å². The highest BCUT2D eigenvalue weighted by Gasteiger charge is 2.02. The number of allylic oxidation sites excluding steroid dienone is 1. The normalized spacial score (nSPS) is 10.0. The number of rotatable bonds is 6. The summed E-state index contributed by atoms with van der Waals surface area (Å²) in [6.07, 6.45) is 2.67. The van der Waals surface area contributed by atoms with E-state index in [1.54, 1.807) is 7.11 Å². The van der Waals surface area contributed by atoms with Gasteiger partial charge in [-0.25, -0.2) is 0 Å². The van der Waals surface area contributed by atoms with E-state index in [2.05, 4.69) is 6.58 Å². The van der Waals surface area contributed by atoms with E-state index in [-0.39, 0.29) is 0 Å². The fourth-order valence-electron chi connectivity index (χ4n) is 1.19. The van der Waals surface area contributed by atoms with Crippen molar-refractivity contribution in [1.82, 2.24) is 0 Å². The molecular formula is C12H15ClO2. The Bertz CT molecular complexity index is 323.